The zero-order chi connectivity index (χ0) is 16.7. The van der Waals surface area contributed by atoms with E-state index in [9.17, 15) is 4.79 Å². The number of aliphatic imine (C=N–C) groups is 1. The maximum atomic E-state index is 11.9. The molecule has 1 aliphatic rings. The van der Waals surface area contributed by atoms with Crippen LogP contribution >= 0.6 is 35.7 Å². The van der Waals surface area contributed by atoms with Gasteiger partial charge in [-0.3, -0.25) is 4.79 Å². The Morgan fingerprint density at radius 2 is 2.25 bits per heavy atom. The smallest absolute Gasteiger partial charge is 0.242 e. The van der Waals surface area contributed by atoms with Gasteiger partial charge in [-0.15, -0.1) is 24.0 Å². The average molecular weight is 466 g/mol. The molecule has 0 radical (unpaired) electrons. The first-order chi connectivity index (χ1) is 11.0. The summed E-state index contributed by atoms with van der Waals surface area (Å²) in [4.78, 5) is 18.7. The quantitative estimate of drug-likeness (QED) is 0.396. The molecule has 0 saturated carbocycles. The number of amides is 1. The van der Waals surface area contributed by atoms with Gasteiger partial charge >= 0.3 is 0 Å². The van der Waals surface area contributed by atoms with E-state index in [4.69, 9.17) is 4.42 Å². The largest absolute Gasteiger partial charge is 0.467 e. The van der Waals surface area contributed by atoms with Crippen molar-refractivity contribution in [3.8, 4) is 0 Å². The van der Waals surface area contributed by atoms with Gasteiger partial charge < -0.3 is 20.0 Å². The van der Waals surface area contributed by atoms with E-state index in [0.29, 0.717) is 6.54 Å². The molecule has 1 aliphatic heterocycles. The van der Waals surface area contributed by atoms with Crippen molar-refractivity contribution in [2.75, 3.05) is 31.9 Å². The molecule has 0 atom stereocenters. The molecular formula is C16H27IN4O2S. The molecule has 0 aliphatic carbocycles. The first-order valence-electron chi connectivity index (χ1n) is 7.96. The van der Waals surface area contributed by atoms with Gasteiger partial charge in [0, 0.05) is 30.1 Å². The fraction of sp³-hybridized carbons (Fsp3) is 0.625. The lowest BCUT2D eigenvalue weighted by atomic mass is 10.2. The van der Waals surface area contributed by atoms with Crippen molar-refractivity contribution < 1.29 is 9.21 Å². The number of guanidine groups is 1. The Morgan fingerprint density at radius 1 is 1.46 bits per heavy atom. The molecule has 2 N–H and O–H groups in total. The van der Waals surface area contributed by atoms with Crippen LogP contribution in [0, 0.1) is 0 Å². The number of halogens is 1. The van der Waals surface area contributed by atoms with Crippen LogP contribution in [0.5, 0.6) is 0 Å². The highest BCUT2D eigenvalue weighted by Gasteiger charge is 2.28. The van der Waals surface area contributed by atoms with Crippen LogP contribution in [-0.2, 0) is 11.3 Å². The first kappa shape index (κ1) is 21.1. The average Bonchev–Trinajstić information content (AvgIpc) is 3.01. The summed E-state index contributed by atoms with van der Waals surface area (Å²) in [7, 11) is 0. The van der Waals surface area contributed by atoms with E-state index in [-0.39, 0.29) is 41.2 Å². The van der Waals surface area contributed by atoms with Crippen molar-refractivity contribution >= 4 is 47.6 Å². The third-order valence-corrected chi connectivity index (χ3v) is 4.77. The van der Waals surface area contributed by atoms with Crippen LogP contribution in [0.25, 0.3) is 0 Å². The van der Waals surface area contributed by atoms with Crippen molar-refractivity contribution in [2.45, 2.75) is 32.1 Å². The Labute approximate surface area is 165 Å². The molecule has 0 bridgehead atoms. The van der Waals surface area contributed by atoms with E-state index in [1.807, 2.05) is 24.8 Å². The lowest BCUT2D eigenvalue weighted by molar-refractivity contribution is -0.119. The highest BCUT2D eigenvalue weighted by atomic mass is 127. The topological polar surface area (TPSA) is 69.9 Å². The molecule has 0 spiro atoms. The third kappa shape index (κ3) is 6.92. The molecular weight excluding hydrogens is 439 g/mol. The second-order valence-corrected chi connectivity index (χ2v) is 7.86. The number of nitrogens with zero attached hydrogens (tertiary/aromatic N) is 2. The van der Waals surface area contributed by atoms with Gasteiger partial charge in [0.1, 0.15) is 12.3 Å². The molecule has 1 amide bonds. The van der Waals surface area contributed by atoms with Crippen LogP contribution in [0.3, 0.4) is 0 Å². The molecule has 8 heteroatoms. The van der Waals surface area contributed by atoms with E-state index in [1.165, 1.54) is 0 Å². The monoisotopic (exact) mass is 466 g/mol. The zero-order valence-electron chi connectivity index (χ0n) is 14.5. The molecule has 24 heavy (non-hydrogen) atoms. The summed E-state index contributed by atoms with van der Waals surface area (Å²) < 4.78 is 5.40. The highest BCUT2D eigenvalue weighted by molar-refractivity contribution is 14.0. The van der Waals surface area contributed by atoms with E-state index in [2.05, 4.69) is 34.4 Å². The minimum Gasteiger partial charge on any atom is -0.467 e. The number of thioether (sulfide) groups is 1. The maximum Gasteiger partial charge on any atom is 0.242 e. The molecule has 2 heterocycles. The molecule has 1 aromatic rings. The second kappa shape index (κ2) is 10.2. The number of carbonyl (C=O) groups is 1. The van der Waals surface area contributed by atoms with Crippen LogP contribution in [0.4, 0.5) is 0 Å². The van der Waals surface area contributed by atoms with Crippen LogP contribution in [0.1, 0.15) is 26.5 Å². The van der Waals surface area contributed by atoms with Gasteiger partial charge in [0.15, 0.2) is 5.96 Å². The number of hydrogen-bond acceptors (Lipinski definition) is 4. The summed E-state index contributed by atoms with van der Waals surface area (Å²) in [5, 5.41) is 6.09. The van der Waals surface area contributed by atoms with Gasteiger partial charge in [-0.1, -0.05) is 0 Å². The van der Waals surface area contributed by atoms with E-state index in [0.717, 1.165) is 37.1 Å². The standard InChI is InChI=1S/C16H26N4O2S.HI/c1-4-17-15(20-7-9-23-16(2,3)12-20)19-11-14(21)18-10-13-6-5-8-22-13;/h5-6,8H,4,7,9-12H2,1-3H3,(H,17,19)(H,18,21);1H. The van der Waals surface area contributed by atoms with E-state index >= 15 is 0 Å². The Balaban J connectivity index is 0.00000288. The van der Waals surface area contributed by atoms with Gasteiger partial charge in [0.25, 0.3) is 0 Å². The Morgan fingerprint density at radius 3 is 2.88 bits per heavy atom. The van der Waals surface area contributed by atoms with Gasteiger partial charge in [-0.2, -0.15) is 11.8 Å². The Bertz CT molecular complexity index is 534. The van der Waals surface area contributed by atoms with E-state index < -0.39 is 0 Å². The zero-order valence-corrected chi connectivity index (χ0v) is 17.6. The Kier molecular flexibility index (Phi) is 8.96. The molecule has 136 valence electrons. The fourth-order valence-electron chi connectivity index (χ4n) is 2.42. The van der Waals surface area contributed by atoms with Gasteiger partial charge in [0.05, 0.1) is 12.8 Å². The summed E-state index contributed by atoms with van der Waals surface area (Å²) in [5.74, 6) is 2.52. The molecule has 0 unspecified atom stereocenters. The van der Waals surface area contributed by atoms with Gasteiger partial charge in [-0.25, -0.2) is 4.99 Å². The van der Waals surface area contributed by atoms with Crippen LogP contribution in [0.15, 0.2) is 27.8 Å². The molecule has 2 rings (SSSR count). The van der Waals surface area contributed by atoms with Gasteiger partial charge in [0.2, 0.25) is 5.91 Å². The number of nitrogens with one attached hydrogen (secondary N) is 2. The van der Waals surface area contributed by atoms with Crippen LogP contribution < -0.4 is 10.6 Å². The van der Waals surface area contributed by atoms with Gasteiger partial charge in [-0.05, 0) is 32.9 Å². The molecule has 1 aromatic heterocycles. The fourth-order valence-corrected chi connectivity index (χ4v) is 3.54. The highest BCUT2D eigenvalue weighted by Crippen LogP contribution is 2.29. The summed E-state index contributed by atoms with van der Waals surface area (Å²) >= 11 is 1.98. The molecule has 1 saturated heterocycles. The van der Waals surface area contributed by atoms with Crippen molar-refractivity contribution in [2.24, 2.45) is 4.99 Å². The minimum absolute atomic E-state index is 0. The maximum absolute atomic E-state index is 11.9. The Hall–Kier alpha value is -0.900. The van der Waals surface area contributed by atoms with Crippen molar-refractivity contribution in [3.63, 3.8) is 0 Å². The van der Waals surface area contributed by atoms with Crippen molar-refractivity contribution in [1.29, 1.82) is 0 Å². The molecule has 0 aromatic carbocycles. The predicted molar refractivity (Wildman–Crippen MR) is 110 cm³/mol. The minimum atomic E-state index is -0.109. The number of hydrogen-bond donors (Lipinski definition) is 2. The lowest BCUT2D eigenvalue weighted by Gasteiger charge is -2.39. The third-order valence-electron chi connectivity index (χ3n) is 3.47. The second-order valence-electron chi connectivity index (χ2n) is 6.06. The molecule has 1 fully saturated rings. The number of furan rings is 1. The lowest BCUT2D eigenvalue weighted by Crippen LogP contribution is -2.51. The van der Waals surface area contributed by atoms with Crippen LogP contribution in [0.2, 0.25) is 0 Å². The van der Waals surface area contributed by atoms with Crippen molar-refractivity contribution in [1.82, 2.24) is 15.5 Å². The van der Waals surface area contributed by atoms with Crippen molar-refractivity contribution in [3.05, 3.63) is 24.2 Å². The molecule has 6 nitrogen and oxygen atoms in total. The normalized spacial score (nSPS) is 17.1. The summed E-state index contributed by atoms with van der Waals surface area (Å²) in [6.07, 6.45) is 1.60. The summed E-state index contributed by atoms with van der Waals surface area (Å²) in [6, 6.07) is 3.64. The summed E-state index contributed by atoms with van der Waals surface area (Å²) in [5.41, 5.74) is 0. The first-order valence-corrected chi connectivity index (χ1v) is 8.95. The number of rotatable bonds is 5. The van der Waals surface area contributed by atoms with E-state index in [1.54, 1.807) is 12.3 Å². The summed E-state index contributed by atoms with van der Waals surface area (Å²) in [6.45, 7) is 9.70. The predicted octanol–water partition coefficient (Wildman–Crippen LogP) is 2.31. The number of carbonyl (C=O) groups excluding carboxylic acids is 1. The SMILES string of the molecule is CCNC(=NCC(=O)NCc1ccco1)N1CCSC(C)(C)C1.I. The van der Waals surface area contributed by atoms with Crippen LogP contribution in [-0.4, -0.2) is 53.4 Å².